The predicted molar refractivity (Wildman–Crippen MR) is 86.6 cm³/mol. The predicted octanol–water partition coefficient (Wildman–Crippen LogP) is 3.67. The van der Waals surface area contributed by atoms with E-state index in [4.69, 9.17) is 0 Å². The van der Waals surface area contributed by atoms with E-state index in [1.54, 1.807) is 0 Å². The lowest BCUT2D eigenvalue weighted by atomic mass is 10.1. The summed E-state index contributed by atoms with van der Waals surface area (Å²) < 4.78 is 26.8. The zero-order chi connectivity index (χ0) is 17.3. The summed E-state index contributed by atoms with van der Waals surface area (Å²) in [4.78, 5) is 23.5. The molecular weight excluding hydrogens is 314 g/mol. The minimum Gasteiger partial charge on any atom is -0.324 e. The summed E-state index contributed by atoms with van der Waals surface area (Å²) in [6.07, 6.45) is 0.703. The Labute approximate surface area is 137 Å². The fraction of sp³-hybridized carbons (Fsp3) is 0.222. The molecule has 2 N–H and O–H groups in total. The Morgan fingerprint density at radius 1 is 1.00 bits per heavy atom. The van der Waals surface area contributed by atoms with Crippen molar-refractivity contribution in [3.63, 3.8) is 0 Å². The molecule has 0 aromatic heterocycles. The average molecular weight is 330 g/mol. The number of amides is 2. The molecule has 4 nitrogen and oxygen atoms in total. The summed E-state index contributed by atoms with van der Waals surface area (Å²) in [6, 6.07) is 11.4. The van der Waals surface area contributed by atoms with E-state index in [1.165, 1.54) is 6.92 Å². The van der Waals surface area contributed by atoms with Gasteiger partial charge in [0.05, 0.1) is 11.4 Å². The van der Waals surface area contributed by atoms with Crippen molar-refractivity contribution in [2.24, 2.45) is 5.92 Å². The number of hydrogen-bond donors (Lipinski definition) is 2. The van der Waals surface area contributed by atoms with Crippen molar-refractivity contribution in [1.29, 1.82) is 0 Å². The molecule has 6 heteroatoms. The third kappa shape index (κ3) is 3.42. The Morgan fingerprint density at radius 2 is 1.58 bits per heavy atom. The van der Waals surface area contributed by atoms with Gasteiger partial charge in [-0.2, -0.15) is 0 Å². The molecule has 0 aliphatic heterocycles. The highest BCUT2D eigenvalue weighted by Gasteiger charge is 2.44. The lowest BCUT2D eigenvalue weighted by Gasteiger charge is -2.12. The molecule has 24 heavy (non-hydrogen) atoms. The largest absolute Gasteiger partial charge is 0.324 e. The molecule has 0 heterocycles. The van der Waals surface area contributed by atoms with Crippen molar-refractivity contribution in [3.05, 3.63) is 59.7 Å². The summed E-state index contributed by atoms with van der Waals surface area (Å²) in [5.41, 5.74) is 1.16. The monoisotopic (exact) mass is 330 g/mol. The molecule has 0 bridgehead atoms. The number of nitrogens with one attached hydrogen (secondary N) is 2. The number of hydrogen-bond acceptors (Lipinski definition) is 2. The second-order valence-electron chi connectivity index (χ2n) is 5.84. The minimum absolute atomic E-state index is 0.0339. The van der Waals surface area contributed by atoms with Crippen LogP contribution in [0.1, 0.15) is 24.8 Å². The van der Waals surface area contributed by atoms with Crippen molar-refractivity contribution in [2.75, 3.05) is 10.6 Å². The maximum absolute atomic E-state index is 13.5. The van der Waals surface area contributed by atoms with E-state index in [-0.39, 0.29) is 29.1 Å². The summed E-state index contributed by atoms with van der Waals surface area (Å²) in [5, 5.41) is 4.97. The maximum atomic E-state index is 13.5. The summed E-state index contributed by atoms with van der Waals surface area (Å²) >= 11 is 0. The van der Waals surface area contributed by atoms with Crippen molar-refractivity contribution >= 4 is 23.2 Å². The highest BCUT2D eigenvalue weighted by atomic mass is 19.2. The summed E-state index contributed by atoms with van der Waals surface area (Å²) in [5.74, 6) is -2.99. The van der Waals surface area contributed by atoms with Gasteiger partial charge in [-0.25, -0.2) is 8.78 Å². The van der Waals surface area contributed by atoms with Gasteiger partial charge in [0.25, 0.3) is 0 Å². The normalized spacial score (nSPS) is 18.8. The smallest absolute Gasteiger partial charge is 0.228 e. The topological polar surface area (TPSA) is 58.2 Å². The van der Waals surface area contributed by atoms with Crippen molar-refractivity contribution < 1.29 is 18.4 Å². The van der Waals surface area contributed by atoms with Gasteiger partial charge in [0.2, 0.25) is 11.8 Å². The number of carbonyl (C=O) groups is 2. The number of rotatable bonds is 4. The first-order valence-electron chi connectivity index (χ1n) is 7.58. The van der Waals surface area contributed by atoms with Gasteiger partial charge in [-0.05, 0) is 17.9 Å². The first-order valence-corrected chi connectivity index (χ1v) is 7.58. The molecule has 0 saturated heterocycles. The Hall–Kier alpha value is -2.76. The molecule has 1 saturated carbocycles. The van der Waals surface area contributed by atoms with Crippen LogP contribution < -0.4 is 10.6 Å². The molecule has 1 fully saturated rings. The van der Waals surface area contributed by atoms with Crippen LogP contribution in [0.2, 0.25) is 0 Å². The fourth-order valence-electron chi connectivity index (χ4n) is 2.72. The molecule has 1 aliphatic rings. The van der Waals surface area contributed by atoms with Crippen LogP contribution in [0.3, 0.4) is 0 Å². The molecule has 0 spiro atoms. The van der Waals surface area contributed by atoms with Crippen LogP contribution in [0.25, 0.3) is 0 Å². The molecule has 2 aromatic rings. The molecule has 2 amide bonds. The average Bonchev–Trinajstić information content (AvgIpc) is 3.33. The Bertz CT molecular complexity index is 793. The van der Waals surface area contributed by atoms with Crippen LogP contribution >= 0.6 is 0 Å². The van der Waals surface area contributed by atoms with E-state index in [1.807, 2.05) is 30.3 Å². The van der Waals surface area contributed by atoms with E-state index in [0.717, 1.165) is 17.7 Å². The first kappa shape index (κ1) is 16.1. The van der Waals surface area contributed by atoms with Crippen LogP contribution in [0.4, 0.5) is 20.2 Å². The van der Waals surface area contributed by atoms with Crippen LogP contribution in [0.5, 0.6) is 0 Å². The Kier molecular flexibility index (Phi) is 4.29. The molecule has 0 radical (unpaired) electrons. The zero-order valence-corrected chi connectivity index (χ0v) is 13.0. The standard InChI is InChI=1S/C18H16F2N2O2/c1-10(23)21-16-8-14(19)15(20)9-17(16)22-18(24)13-7-12(13)11-5-3-2-4-6-11/h2-6,8-9,12-13H,7H2,1H3,(H,21,23)(H,22,24)/t12-,13+/m0/s1. The molecular formula is C18H16F2N2O2. The summed E-state index contributed by atoms with van der Waals surface area (Å²) in [7, 11) is 0. The van der Waals surface area contributed by atoms with Crippen molar-refractivity contribution in [1.82, 2.24) is 0 Å². The van der Waals surface area contributed by atoms with Crippen molar-refractivity contribution in [2.45, 2.75) is 19.3 Å². The van der Waals surface area contributed by atoms with Crippen LogP contribution in [-0.4, -0.2) is 11.8 Å². The van der Waals surface area contributed by atoms with E-state index >= 15 is 0 Å². The molecule has 3 rings (SSSR count). The zero-order valence-electron chi connectivity index (χ0n) is 13.0. The molecule has 1 aliphatic carbocycles. The minimum atomic E-state index is -1.09. The molecule has 124 valence electrons. The van der Waals surface area contributed by atoms with Crippen LogP contribution in [0.15, 0.2) is 42.5 Å². The van der Waals surface area contributed by atoms with Gasteiger partial charge < -0.3 is 10.6 Å². The Balaban J connectivity index is 1.75. The van der Waals surface area contributed by atoms with Crippen LogP contribution in [-0.2, 0) is 9.59 Å². The lowest BCUT2D eigenvalue weighted by molar-refractivity contribution is -0.117. The van der Waals surface area contributed by atoms with E-state index < -0.39 is 17.5 Å². The number of halogens is 2. The van der Waals surface area contributed by atoms with E-state index in [9.17, 15) is 18.4 Å². The third-order valence-electron chi connectivity index (χ3n) is 3.98. The second-order valence-corrected chi connectivity index (χ2v) is 5.84. The highest BCUT2D eigenvalue weighted by Crippen LogP contribution is 2.48. The third-order valence-corrected chi connectivity index (χ3v) is 3.98. The molecule has 2 atom stereocenters. The highest BCUT2D eigenvalue weighted by molar-refractivity contribution is 6.01. The molecule has 0 unspecified atom stereocenters. The van der Waals surface area contributed by atoms with Gasteiger partial charge in [-0.1, -0.05) is 30.3 Å². The van der Waals surface area contributed by atoms with Gasteiger partial charge in [0, 0.05) is 25.0 Å². The molecule has 2 aromatic carbocycles. The first-order chi connectivity index (χ1) is 11.5. The van der Waals surface area contributed by atoms with E-state index in [2.05, 4.69) is 10.6 Å². The SMILES string of the molecule is CC(=O)Nc1cc(F)c(F)cc1NC(=O)[C@@H]1C[C@H]1c1ccccc1. The van der Waals surface area contributed by atoms with E-state index in [0.29, 0.717) is 6.42 Å². The van der Waals surface area contributed by atoms with Gasteiger partial charge in [-0.3, -0.25) is 9.59 Å². The van der Waals surface area contributed by atoms with Gasteiger partial charge in [0.15, 0.2) is 11.6 Å². The maximum Gasteiger partial charge on any atom is 0.228 e. The Morgan fingerprint density at radius 3 is 2.17 bits per heavy atom. The van der Waals surface area contributed by atoms with Gasteiger partial charge in [-0.15, -0.1) is 0 Å². The fourth-order valence-corrected chi connectivity index (χ4v) is 2.72. The quantitative estimate of drug-likeness (QED) is 0.899. The van der Waals surface area contributed by atoms with Crippen molar-refractivity contribution in [3.8, 4) is 0 Å². The number of benzene rings is 2. The summed E-state index contributed by atoms with van der Waals surface area (Å²) in [6.45, 7) is 1.25. The number of carbonyl (C=O) groups excluding carboxylic acids is 2. The second kappa shape index (κ2) is 6.39. The lowest BCUT2D eigenvalue weighted by Crippen LogP contribution is -2.17. The van der Waals surface area contributed by atoms with Crippen LogP contribution in [0, 0.1) is 17.6 Å². The van der Waals surface area contributed by atoms with Gasteiger partial charge in [0.1, 0.15) is 0 Å². The van der Waals surface area contributed by atoms with Gasteiger partial charge >= 0.3 is 0 Å². The number of anilines is 2.